The molecule has 5 rings (SSSR count). The number of aliphatic carboxylic acids is 1. The predicted molar refractivity (Wildman–Crippen MR) is 510 cm³/mol. The van der Waals surface area contributed by atoms with E-state index < -0.39 is 257 Å². The number of aromatic nitrogens is 1. The van der Waals surface area contributed by atoms with Crippen LogP contribution >= 0.6 is 0 Å². The van der Waals surface area contributed by atoms with Gasteiger partial charge in [-0.2, -0.15) is 0 Å². The first-order valence-electron chi connectivity index (χ1n) is 47.3. The molecule has 1 aromatic heterocycles. The highest BCUT2D eigenvalue weighted by molar-refractivity contribution is 6.41. The molecule has 41 heteroatoms. The van der Waals surface area contributed by atoms with Gasteiger partial charge in [0.05, 0.1) is 36.2 Å². The van der Waals surface area contributed by atoms with E-state index in [4.69, 9.17) is 11.5 Å². The van der Waals surface area contributed by atoms with Crippen molar-refractivity contribution in [1.82, 2.24) is 84.7 Å². The molecule has 1 saturated heterocycles. The van der Waals surface area contributed by atoms with Gasteiger partial charge in [0.2, 0.25) is 112 Å². The number of ketones is 4. The maximum atomic E-state index is 15.6. The number of nitrogens with two attached hydrogens (primary N) is 2. The Kier molecular flexibility index (Phi) is 47.0. The van der Waals surface area contributed by atoms with Crippen LogP contribution in [0, 0.1) is 23.7 Å². The molecule has 18 atom stereocenters. The van der Waals surface area contributed by atoms with Crippen molar-refractivity contribution >= 4 is 129 Å². The summed E-state index contributed by atoms with van der Waals surface area (Å²) in [7, 11) is 0. The number of nitrogens with one attached hydrogen (secondary N) is 16. The monoisotopic (exact) mass is 1930 g/mol. The zero-order valence-corrected chi connectivity index (χ0v) is 81.7. The number of carbonyl (C=O) groups excluding carboxylic acids is 19. The van der Waals surface area contributed by atoms with Crippen LogP contribution in [-0.2, 0) is 115 Å². The molecule has 0 spiro atoms. The van der Waals surface area contributed by atoms with Gasteiger partial charge in [-0.1, -0.05) is 153 Å². The number of aliphatic hydroxyl groups excluding tert-OH is 1. The molecule has 0 aliphatic carbocycles. The number of hydrogen-bond acceptors (Lipinski definition) is 24. The second-order valence-electron chi connectivity index (χ2n) is 37.5. The number of aromatic hydroxyl groups is 1. The van der Waals surface area contributed by atoms with E-state index in [1.54, 1.807) is 88.5 Å². The quantitative estimate of drug-likeness (QED) is 0.0277. The average Bonchev–Trinajstić information content (AvgIpc) is 1.72. The Morgan fingerprint density at radius 1 is 0.507 bits per heavy atom. The van der Waals surface area contributed by atoms with Crippen LogP contribution in [0.1, 0.15) is 230 Å². The summed E-state index contributed by atoms with van der Waals surface area (Å²) < 4.78 is 0. The Bertz CT molecular complexity index is 4910. The van der Waals surface area contributed by atoms with E-state index in [2.05, 4.69) is 84.7 Å². The third-order valence-electron chi connectivity index (χ3n) is 24.1. The van der Waals surface area contributed by atoms with E-state index in [1.807, 2.05) is 0 Å². The van der Waals surface area contributed by atoms with Crippen molar-refractivity contribution in [2.24, 2.45) is 35.1 Å². The van der Waals surface area contributed by atoms with Crippen molar-refractivity contribution in [1.29, 1.82) is 0 Å². The lowest BCUT2D eigenvalue weighted by atomic mass is 9.89. The molecule has 138 heavy (non-hydrogen) atoms. The maximum absolute atomic E-state index is 15.6. The second kappa shape index (κ2) is 56.1. The second-order valence-corrected chi connectivity index (χ2v) is 37.5. The Labute approximate surface area is 804 Å². The third-order valence-corrected chi connectivity index (χ3v) is 24.1. The lowest BCUT2D eigenvalue weighted by molar-refractivity contribution is -0.140. The van der Waals surface area contributed by atoms with Crippen LogP contribution in [-0.4, -0.2) is 247 Å². The summed E-state index contributed by atoms with van der Waals surface area (Å²) in [4.78, 5) is 284. The molecule has 0 bridgehead atoms. The van der Waals surface area contributed by atoms with Crippen molar-refractivity contribution in [3.8, 4) is 5.75 Å². The number of fused-ring (bicyclic) bond motifs is 1. The summed E-state index contributed by atoms with van der Waals surface area (Å²) in [6.45, 7) is 21.4. The first-order chi connectivity index (χ1) is 64.8. The number of hydrogen-bond donors (Lipinski definition) is 21. The highest BCUT2D eigenvalue weighted by atomic mass is 16.4. The Morgan fingerprint density at radius 3 is 1.59 bits per heavy atom. The van der Waals surface area contributed by atoms with Gasteiger partial charge < -0.3 is 112 Å². The number of rotatable bonds is 39. The summed E-state index contributed by atoms with van der Waals surface area (Å²) in [6, 6.07) is 1.22. The molecule has 4 aromatic rings. The van der Waals surface area contributed by atoms with Crippen LogP contribution in [0.2, 0.25) is 0 Å². The minimum absolute atomic E-state index is 0.00230. The third kappa shape index (κ3) is 38.2. The molecule has 0 radical (unpaired) electrons. The number of Topliss-reactive ketones (excluding diaryl/α,β-unsaturated/α-hetero) is 4. The van der Waals surface area contributed by atoms with Crippen molar-refractivity contribution in [2.45, 2.75) is 328 Å². The van der Waals surface area contributed by atoms with Gasteiger partial charge in [0.1, 0.15) is 71.2 Å². The number of aromatic amines is 1. The Hall–Kier alpha value is -12.9. The Balaban J connectivity index is 1.57. The Morgan fingerprint density at radius 2 is 1.04 bits per heavy atom. The number of primary amides is 2. The number of carboxylic acid groups (broad SMARTS) is 1. The number of aliphatic hydroxyl groups is 1. The molecule has 1 fully saturated rings. The number of carbonyl (C=O) groups is 20. The zero-order chi connectivity index (χ0) is 103. The molecule has 1 aliphatic heterocycles. The van der Waals surface area contributed by atoms with Gasteiger partial charge in [-0.15, -0.1) is 0 Å². The van der Waals surface area contributed by atoms with Crippen LogP contribution in [0.15, 0.2) is 85.1 Å². The van der Waals surface area contributed by atoms with Gasteiger partial charge >= 0.3 is 5.97 Å². The van der Waals surface area contributed by atoms with Crippen LogP contribution in [0.25, 0.3) is 10.9 Å². The van der Waals surface area contributed by atoms with Crippen molar-refractivity contribution in [2.75, 3.05) is 13.1 Å². The van der Waals surface area contributed by atoms with Gasteiger partial charge in [-0.3, -0.25) is 95.9 Å². The molecule has 15 amide bonds. The molecule has 760 valence electrons. The standard InChI is InChI=1S/C97H144N18O23/c1-52(2)44-66-51-102-70(38-40-76(98)119)82(125)81(124)57(8)104-89(132)75(48-65-50-101-69-33-27-26-32-68(65)69)110-90(133)73(47-64-34-36-67(118)37-35-64)109-88(131)71(39-41-77(120)121)112-95(138)97(15,115-92(135)74(46-63-30-24-23-25-31-63)111-93(136)78(61(12)116)113-91(134)72(45-53(3)4)108-62(13)117)43-29-22-20-18-16-17-19-21-28-42-96(14,114-87(66)130)94(137)107-60(11)86(129)106-59(10)85(128)105-58(9)84(127)103-56(7)80(123)79(122)55(6)100-49-54(5)83(99)126/h23-27,30-37,50,52-61,66,70-75,78,100-102,116,118H,16-22,28-29,38-49,51H2,1-15H3,(H2,98,119)(H2,99,126)(H,103,127)(H,104,132)(H,105,128)(H,106,129)(H,107,137)(H,108,117)(H,109,131)(H,110,133)(H,111,136)(H,112,138)(H,113,134)(H,114,130)(H,115,135)(H,120,121)/t54-,55-,56-,57?,58?,59-,60?,61+,66+,70-,71-,72-,73?,74-,75-,78-,96-,97+/m0/s1. The summed E-state index contributed by atoms with van der Waals surface area (Å²) >= 11 is 0. The summed E-state index contributed by atoms with van der Waals surface area (Å²) in [5.74, 6) is -21.4. The van der Waals surface area contributed by atoms with Crippen molar-refractivity contribution in [3.05, 3.63) is 102 Å². The number of phenols is 1. The van der Waals surface area contributed by atoms with Gasteiger partial charge in [-0.25, -0.2) is 0 Å². The molecule has 1 aliphatic rings. The summed E-state index contributed by atoms with van der Waals surface area (Å²) in [5, 5.41) is 72.1. The van der Waals surface area contributed by atoms with E-state index in [9.17, 15) is 82.4 Å². The van der Waals surface area contributed by atoms with E-state index in [0.717, 1.165) is 0 Å². The molecular weight excluding hydrogens is 1790 g/mol. The van der Waals surface area contributed by atoms with Crippen molar-refractivity contribution in [3.63, 3.8) is 0 Å². The van der Waals surface area contributed by atoms with Crippen LogP contribution in [0.3, 0.4) is 0 Å². The first-order valence-corrected chi connectivity index (χ1v) is 47.3. The predicted octanol–water partition coefficient (Wildman–Crippen LogP) is 0.962. The zero-order valence-electron chi connectivity index (χ0n) is 81.7. The number of phenolic OH excluding ortho intramolecular Hbond substituents is 1. The average molecular weight is 1930 g/mol. The van der Waals surface area contributed by atoms with Crippen molar-refractivity contribution < 1.29 is 111 Å². The van der Waals surface area contributed by atoms with Gasteiger partial charge in [0.25, 0.3) is 0 Å². The number of benzene rings is 3. The molecule has 23 N–H and O–H groups in total. The topological polar surface area (TPSA) is 650 Å². The fourth-order valence-corrected chi connectivity index (χ4v) is 15.6. The lowest BCUT2D eigenvalue weighted by Gasteiger charge is -2.34. The highest BCUT2D eigenvalue weighted by Gasteiger charge is 2.44. The van der Waals surface area contributed by atoms with Crippen LogP contribution in [0.4, 0.5) is 0 Å². The van der Waals surface area contributed by atoms with E-state index in [1.165, 1.54) is 100 Å². The number of carboxylic acids is 1. The lowest BCUT2D eigenvalue weighted by Crippen LogP contribution is -2.65. The SMILES string of the molecule is CC(=O)N[C@@H](CC(C)C)C(=O)N[C@H](C(=O)N[C@@H](Cc1ccccc1)C(=O)N[C@]1(C)CCCCCCCCCCC[C@@](C)(C(=O)NC(C)C(=O)N[C@@H](C)C(=O)NC(C)C(=O)N[C@@H](C)C(=O)C(=O)[C@H](C)NC[C@H](C)C(N)=O)NC(=O)[C@H](CC(C)C)CN[C@@H](CCC(N)=O)C(=O)C(=O)C(C)NC(=O)[C@H](Cc2c[nH]c3ccccc23)NC(=O)C(Cc2ccc(O)cc2)NC(=O)[C@H](CCC(=O)O)NC1=O)[C@@H](C)O. The van der Waals surface area contributed by atoms with E-state index in [-0.39, 0.29) is 75.6 Å². The molecule has 0 saturated carbocycles. The maximum Gasteiger partial charge on any atom is 0.303 e. The molecule has 2 heterocycles. The molecule has 4 unspecified atom stereocenters. The molecular formula is C97H144N18O23. The van der Waals surface area contributed by atoms with Gasteiger partial charge in [-0.05, 0) is 148 Å². The minimum Gasteiger partial charge on any atom is -0.508 e. The first kappa shape index (κ1) is 116. The van der Waals surface area contributed by atoms with Crippen LogP contribution < -0.4 is 91.2 Å². The van der Waals surface area contributed by atoms with Crippen LogP contribution in [0.5, 0.6) is 5.75 Å². The fourth-order valence-electron chi connectivity index (χ4n) is 15.6. The minimum atomic E-state index is -2.07. The van der Waals surface area contributed by atoms with E-state index in [0.29, 0.717) is 79.0 Å². The number of para-hydroxylation sites is 1. The number of amides is 15. The van der Waals surface area contributed by atoms with Gasteiger partial charge in [0, 0.05) is 75.1 Å². The van der Waals surface area contributed by atoms with E-state index >= 15 is 28.8 Å². The smallest absolute Gasteiger partial charge is 0.303 e. The summed E-state index contributed by atoms with van der Waals surface area (Å²) in [5.41, 5.74) is 8.90. The molecule has 41 nitrogen and oxygen atoms in total. The largest absolute Gasteiger partial charge is 0.508 e. The summed E-state index contributed by atoms with van der Waals surface area (Å²) in [6.07, 6.45) is 1.17. The normalized spacial score (nSPS) is 21.9. The fraction of sp³-hybridized carbons (Fsp3) is 0.588. The molecule has 3 aromatic carbocycles. The number of H-pyrrole nitrogens is 1. The van der Waals surface area contributed by atoms with Gasteiger partial charge in [0.15, 0.2) is 0 Å². The highest BCUT2D eigenvalue weighted by Crippen LogP contribution is 2.26.